The average Bonchev–Trinajstić information content (AvgIpc) is 2.46. The van der Waals surface area contributed by atoms with Crippen molar-refractivity contribution in [2.45, 2.75) is 12.5 Å². The first-order valence-corrected chi connectivity index (χ1v) is 6.26. The lowest BCUT2D eigenvalue weighted by atomic mass is 10.1. The zero-order valence-electron chi connectivity index (χ0n) is 11.3. The fourth-order valence-electron chi connectivity index (χ4n) is 1.57. The van der Waals surface area contributed by atoms with Gasteiger partial charge in [-0.05, 0) is 24.1 Å². The molecule has 0 fully saturated rings. The van der Waals surface area contributed by atoms with Gasteiger partial charge in [-0.2, -0.15) is 0 Å². The van der Waals surface area contributed by atoms with Crippen LogP contribution in [0.2, 0.25) is 0 Å². The maximum absolute atomic E-state index is 11.5. The zero-order chi connectivity index (χ0) is 15.8. The molecule has 0 aliphatic rings. The van der Waals surface area contributed by atoms with Crippen molar-refractivity contribution in [3.05, 3.63) is 29.8 Å². The number of carboxylic acid groups (broad SMARTS) is 1. The second-order valence-corrected chi connectivity index (χ2v) is 4.34. The summed E-state index contributed by atoms with van der Waals surface area (Å²) < 4.78 is 0. The summed E-state index contributed by atoms with van der Waals surface area (Å²) in [4.78, 5) is 33.5. The van der Waals surface area contributed by atoms with Gasteiger partial charge in [0.2, 0.25) is 5.91 Å². The Morgan fingerprint density at radius 1 is 1.19 bits per heavy atom. The number of nitrogens with one attached hydrogen (secondary N) is 2. The van der Waals surface area contributed by atoms with E-state index in [0.717, 1.165) is 0 Å². The summed E-state index contributed by atoms with van der Waals surface area (Å²) in [6.45, 7) is -0.335. The molecule has 114 valence electrons. The number of amides is 2. The van der Waals surface area contributed by atoms with Gasteiger partial charge in [-0.25, -0.2) is 0 Å². The molecule has 0 saturated heterocycles. The molecule has 0 heterocycles. The van der Waals surface area contributed by atoms with E-state index in [1.54, 1.807) is 12.1 Å². The molecule has 21 heavy (non-hydrogen) atoms. The summed E-state index contributed by atoms with van der Waals surface area (Å²) in [6.07, 6.45) is 0.0115. The molecule has 0 spiro atoms. The van der Waals surface area contributed by atoms with Crippen molar-refractivity contribution in [2.24, 2.45) is 0 Å². The van der Waals surface area contributed by atoms with E-state index in [9.17, 15) is 19.5 Å². The number of phenolic OH excluding ortho intramolecular Hbond substituents is 1. The van der Waals surface area contributed by atoms with Crippen molar-refractivity contribution in [2.75, 3.05) is 13.1 Å². The van der Waals surface area contributed by atoms with Crippen LogP contribution in [0.4, 0.5) is 0 Å². The summed E-state index contributed by atoms with van der Waals surface area (Å²) >= 11 is 0. The topological polar surface area (TPSA) is 146 Å². The van der Waals surface area contributed by atoms with Gasteiger partial charge < -0.3 is 31.4 Å². The summed E-state index contributed by atoms with van der Waals surface area (Å²) in [5.74, 6) is -2.41. The smallest absolute Gasteiger partial charge is 0.275 e. The van der Waals surface area contributed by atoms with E-state index in [1.165, 1.54) is 12.1 Å². The summed E-state index contributed by atoms with van der Waals surface area (Å²) in [7, 11) is 0. The van der Waals surface area contributed by atoms with Gasteiger partial charge in [0.25, 0.3) is 5.91 Å². The number of rotatable bonds is 7. The van der Waals surface area contributed by atoms with Crippen LogP contribution in [0.5, 0.6) is 5.75 Å². The molecule has 8 nitrogen and oxygen atoms in total. The van der Waals surface area contributed by atoms with E-state index >= 15 is 0 Å². The van der Waals surface area contributed by atoms with Crippen molar-refractivity contribution in [3.8, 4) is 5.75 Å². The van der Waals surface area contributed by atoms with E-state index in [0.29, 0.717) is 5.56 Å². The monoisotopic (exact) mass is 295 g/mol. The third kappa shape index (κ3) is 5.91. The third-order valence-electron chi connectivity index (χ3n) is 2.67. The lowest BCUT2D eigenvalue weighted by Crippen LogP contribution is -2.58. The molecule has 1 aromatic rings. The van der Waals surface area contributed by atoms with E-state index in [-0.39, 0.29) is 25.3 Å². The molecular formula is C13H17N3O5. The molecule has 0 bridgehead atoms. The number of hydrogen-bond acceptors (Lipinski definition) is 5. The third-order valence-corrected chi connectivity index (χ3v) is 2.67. The fraction of sp³-hybridized carbons (Fsp3) is 0.308. The van der Waals surface area contributed by atoms with Crippen LogP contribution in [0, 0.1) is 0 Å². The number of carbonyl (C=O) groups is 3. The SMILES string of the molecule is [NH3+]CC(=O)NCC(=O)N[C@@H](Cc1ccc(O)cc1)C(=O)[O-]. The van der Waals surface area contributed by atoms with Crippen molar-refractivity contribution in [3.63, 3.8) is 0 Å². The molecule has 0 aromatic heterocycles. The highest BCUT2D eigenvalue weighted by Crippen LogP contribution is 2.11. The van der Waals surface area contributed by atoms with Crippen LogP contribution in [0.15, 0.2) is 24.3 Å². The first-order chi connectivity index (χ1) is 9.92. The van der Waals surface area contributed by atoms with Crippen LogP contribution in [0.1, 0.15) is 5.56 Å². The Kier molecular flexibility index (Phi) is 6.15. The number of benzene rings is 1. The van der Waals surface area contributed by atoms with Gasteiger partial charge in [0.05, 0.1) is 18.6 Å². The summed E-state index contributed by atoms with van der Waals surface area (Å²) in [5, 5.41) is 24.7. The number of carboxylic acids is 1. The van der Waals surface area contributed by atoms with Crippen LogP contribution < -0.4 is 21.5 Å². The predicted octanol–water partition coefficient (Wildman–Crippen LogP) is -3.47. The lowest BCUT2D eigenvalue weighted by Gasteiger charge is -2.20. The lowest BCUT2D eigenvalue weighted by molar-refractivity contribution is -0.355. The van der Waals surface area contributed by atoms with Crippen molar-refractivity contribution >= 4 is 17.8 Å². The van der Waals surface area contributed by atoms with Crippen molar-refractivity contribution in [1.82, 2.24) is 10.6 Å². The number of hydrogen-bond donors (Lipinski definition) is 4. The summed E-state index contributed by atoms with van der Waals surface area (Å²) in [6, 6.07) is 4.69. The predicted molar refractivity (Wildman–Crippen MR) is 69.5 cm³/mol. The van der Waals surface area contributed by atoms with Gasteiger partial charge >= 0.3 is 0 Å². The first-order valence-electron chi connectivity index (χ1n) is 6.26. The highest BCUT2D eigenvalue weighted by Gasteiger charge is 2.15. The number of aromatic hydroxyl groups is 1. The minimum absolute atomic E-state index is 0.00922. The molecule has 6 N–H and O–H groups in total. The molecule has 1 rings (SSSR count). The number of aliphatic carboxylic acids is 1. The molecule has 0 radical (unpaired) electrons. The van der Waals surface area contributed by atoms with Crippen LogP contribution in [-0.4, -0.2) is 42.0 Å². The standard InChI is InChI=1S/C13H17N3O5/c14-6-11(18)15-7-12(19)16-10(13(20)21)5-8-1-3-9(17)4-2-8/h1-4,10,17H,5-7,14H2,(H,15,18)(H,16,19)(H,20,21)/t10-/m0/s1. The van der Waals surface area contributed by atoms with Crippen LogP contribution in [-0.2, 0) is 20.8 Å². The Labute approximate surface area is 120 Å². The maximum Gasteiger partial charge on any atom is 0.275 e. The van der Waals surface area contributed by atoms with Gasteiger partial charge in [-0.3, -0.25) is 9.59 Å². The fourth-order valence-corrected chi connectivity index (χ4v) is 1.57. The molecule has 0 aliphatic carbocycles. The largest absolute Gasteiger partial charge is 0.548 e. The molecule has 1 aromatic carbocycles. The Hall–Kier alpha value is -2.61. The molecule has 8 heteroatoms. The molecule has 2 amide bonds. The van der Waals surface area contributed by atoms with Gasteiger partial charge in [0.1, 0.15) is 5.75 Å². The van der Waals surface area contributed by atoms with E-state index < -0.39 is 23.8 Å². The van der Waals surface area contributed by atoms with Gasteiger partial charge in [-0.15, -0.1) is 0 Å². The first kappa shape index (κ1) is 16.4. The van der Waals surface area contributed by atoms with Gasteiger partial charge in [-0.1, -0.05) is 12.1 Å². The molecule has 0 aliphatic heterocycles. The van der Waals surface area contributed by atoms with E-state index in [4.69, 9.17) is 5.11 Å². The quantitative estimate of drug-likeness (QED) is 0.413. The summed E-state index contributed by atoms with van der Waals surface area (Å²) in [5.41, 5.74) is 3.96. The number of carbonyl (C=O) groups excluding carboxylic acids is 3. The highest BCUT2D eigenvalue weighted by atomic mass is 16.4. The minimum atomic E-state index is -1.43. The van der Waals surface area contributed by atoms with Crippen LogP contribution in [0.25, 0.3) is 0 Å². The van der Waals surface area contributed by atoms with E-state index in [2.05, 4.69) is 16.4 Å². The second kappa shape index (κ2) is 7.85. The maximum atomic E-state index is 11.5. The van der Waals surface area contributed by atoms with Gasteiger partial charge in [0.15, 0.2) is 6.54 Å². The Morgan fingerprint density at radius 3 is 2.33 bits per heavy atom. The van der Waals surface area contributed by atoms with Crippen molar-refractivity contribution < 1.29 is 30.3 Å². The molecule has 1 atom stereocenters. The molecular weight excluding hydrogens is 278 g/mol. The Bertz CT molecular complexity index is 515. The van der Waals surface area contributed by atoms with E-state index in [1.807, 2.05) is 0 Å². The normalized spacial score (nSPS) is 11.5. The average molecular weight is 295 g/mol. The zero-order valence-corrected chi connectivity index (χ0v) is 11.3. The van der Waals surface area contributed by atoms with Crippen LogP contribution in [0.3, 0.4) is 0 Å². The molecule has 0 saturated carbocycles. The highest BCUT2D eigenvalue weighted by molar-refractivity contribution is 5.87. The number of quaternary nitrogens is 1. The van der Waals surface area contributed by atoms with Crippen molar-refractivity contribution in [1.29, 1.82) is 0 Å². The number of phenols is 1. The second-order valence-electron chi connectivity index (χ2n) is 4.34. The van der Waals surface area contributed by atoms with Gasteiger partial charge in [0, 0.05) is 0 Å². The molecule has 0 unspecified atom stereocenters. The van der Waals surface area contributed by atoms with Crippen LogP contribution >= 0.6 is 0 Å². The minimum Gasteiger partial charge on any atom is -0.548 e. The Balaban J connectivity index is 2.57. The Morgan fingerprint density at radius 2 is 1.81 bits per heavy atom.